The standard InChI is InChI=1S/2C46H31N5/c1-30-14-15-36-24-25-39-40(27-41(34-9-4-2-5-10-34)49-45(39)44(36)48-30)33-20-16-31(17-21-33)32-18-22-37(23-19-32)46-50-42(35-11-6-3-7-12-35)28-43(51-46)38-13-8-26-47-29-38;1-30-12-13-37-22-23-39-40(28-41(34-8-4-2-5-9-34)49-45(39)44(37)48-30)33-18-14-31(15-19-33)32-16-20-36(21-17-32)43-29-42(35-10-6-3-7-11-35)50-46(51-43)38-24-26-47-27-25-38/h2*2-29H,1H3. The third-order valence-corrected chi connectivity index (χ3v) is 18.6. The lowest BCUT2D eigenvalue weighted by atomic mass is 9.95. The van der Waals surface area contributed by atoms with Gasteiger partial charge < -0.3 is 0 Å². The van der Waals surface area contributed by atoms with Gasteiger partial charge in [-0.05, 0) is 119 Å². The van der Waals surface area contributed by atoms with Crippen LogP contribution in [0.1, 0.15) is 11.4 Å². The molecule has 8 heterocycles. The van der Waals surface area contributed by atoms with E-state index < -0.39 is 0 Å². The summed E-state index contributed by atoms with van der Waals surface area (Å²) in [6, 6.07) is 109. The van der Waals surface area contributed by atoms with Crippen LogP contribution in [0.5, 0.6) is 0 Å². The maximum atomic E-state index is 5.17. The predicted octanol–water partition coefficient (Wildman–Crippen LogP) is 22.6. The number of pyridine rings is 6. The molecule has 10 aromatic carbocycles. The van der Waals surface area contributed by atoms with Gasteiger partial charge in [0.1, 0.15) is 0 Å². The van der Waals surface area contributed by atoms with Gasteiger partial charge in [-0.15, -0.1) is 0 Å². The molecule has 0 fully saturated rings. The number of fused-ring (bicyclic) bond motifs is 6. The molecule has 0 amide bonds. The van der Waals surface area contributed by atoms with E-state index in [1.54, 1.807) is 18.6 Å². The number of hydrogen-bond acceptors (Lipinski definition) is 10. The summed E-state index contributed by atoms with van der Waals surface area (Å²) >= 11 is 0. The van der Waals surface area contributed by atoms with Crippen LogP contribution in [0, 0.1) is 13.8 Å². The van der Waals surface area contributed by atoms with E-state index in [0.29, 0.717) is 11.6 Å². The first-order valence-corrected chi connectivity index (χ1v) is 34.0. The van der Waals surface area contributed by atoms with E-state index in [1.165, 1.54) is 0 Å². The molecule has 10 nitrogen and oxygen atoms in total. The lowest BCUT2D eigenvalue weighted by molar-refractivity contribution is 1.18. The fourth-order valence-corrected chi connectivity index (χ4v) is 13.2. The van der Waals surface area contributed by atoms with Gasteiger partial charge in [-0.1, -0.05) is 255 Å². The summed E-state index contributed by atoms with van der Waals surface area (Å²) in [6.07, 6.45) is 7.15. The van der Waals surface area contributed by atoms with E-state index in [9.17, 15) is 0 Å². The molecule has 0 N–H and O–H groups in total. The zero-order chi connectivity index (χ0) is 68.3. The Bertz CT molecular complexity index is 5580. The van der Waals surface area contributed by atoms with Crippen LogP contribution in [0.2, 0.25) is 0 Å². The molecular formula is C92H62N10. The maximum Gasteiger partial charge on any atom is 0.160 e. The Balaban J connectivity index is 0.000000152. The molecule has 18 aromatic rings. The molecule has 0 unspecified atom stereocenters. The predicted molar refractivity (Wildman–Crippen MR) is 416 cm³/mol. The van der Waals surface area contributed by atoms with Gasteiger partial charge in [0.2, 0.25) is 0 Å². The van der Waals surface area contributed by atoms with Gasteiger partial charge in [-0.2, -0.15) is 0 Å². The van der Waals surface area contributed by atoms with E-state index in [2.05, 4.69) is 247 Å². The van der Waals surface area contributed by atoms with Gasteiger partial charge in [0.15, 0.2) is 11.6 Å². The summed E-state index contributed by atoms with van der Waals surface area (Å²) in [5.74, 6) is 1.35. The highest BCUT2D eigenvalue weighted by Gasteiger charge is 2.19. The summed E-state index contributed by atoms with van der Waals surface area (Å²) < 4.78 is 0. The number of rotatable bonds is 12. The average Bonchev–Trinajstić information content (AvgIpc) is 0.768. The van der Waals surface area contributed by atoms with E-state index >= 15 is 0 Å². The van der Waals surface area contributed by atoms with E-state index in [1.807, 2.05) is 98.9 Å². The van der Waals surface area contributed by atoms with Crippen LogP contribution in [-0.4, -0.2) is 49.8 Å². The fourth-order valence-electron chi connectivity index (χ4n) is 13.2. The van der Waals surface area contributed by atoms with Gasteiger partial charge in [-0.25, -0.2) is 29.9 Å². The minimum absolute atomic E-state index is 0.673. The molecule has 0 radical (unpaired) electrons. The van der Waals surface area contributed by atoms with Crippen LogP contribution in [0.4, 0.5) is 0 Å². The van der Waals surface area contributed by atoms with E-state index in [0.717, 1.165) is 178 Å². The van der Waals surface area contributed by atoms with Crippen molar-refractivity contribution in [2.45, 2.75) is 13.8 Å². The molecule has 0 spiro atoms. The molecule has 480 valence electrons. The Morgan fingerprint density at radius 2 is 0.510 bits per heavy atom. The topological polar surface area (TPSA) is 129 Å². The molecule has 0 saturated carbocycles. The largest absolute Gasteiger partial charge is 0.265 e. The first-order chi connectivity index (χ1) is 50.3. The number of nitrogens with zero attached hydrogens (tertiary/aromatic N) is 10. The summed E-state index contributed by atoms with van der Waals surface area (Å²) in [7, 11) is 0. The first-order valence-electron chi connectivity index (χ1n) is 34.0. The number of hydrogen-bond donors (Lipinski definition) is 0. The lowest BCUT2D eigenvalue weighted by Crippen LogP contribution is -1.96. The van der Waals surface area contributed by atoms with E-state index in [-0.39, 0.29) is 0 Å². The molecule has 8 aromatic heterocycles. The van der Waals surface area contributed by atoms with Gasteiger partial charge in [0.25, 0.3) is 0 Å². The van der Waals surface area contributed by atoms with Crippen molar-refractivity contribution in [2.75, 3.05) is 0 Å². The number of benzene rings is 10. The number of aryl methyl sites for hydroxylation is 2. The highest BCUT2D eigenvalue weighted by Crippen LogP contribution is 2.40. The van der Waals surface area contributed by atoms with Gasteiger partial charge in [-0.3, -0.25) is 19.9 Å². The zero-order valence-electron chi connectivity index (χ0n) is 55.8. The minimum Gasteiger partial charge on any atom is -0.265 e. The first kappa shape index (κ1) is 61.9. The SMILES string of the molecule is Cc1ccc2ccc3c(-c4ccc(-c5ccc(-c6cc(-c7ccccc7)nc(-c7ccncc7)n6)cc5)cc4)cc(-c4ccccc4)nc3c2n1.Cc1ccc2ccc3c(-c4ccc(-c5ccc(-c6nc(-c7ccccc7)cc(-c7cccnc7)n6)cc5)cc4)cc(-c4ccccc4)nc3c2n1. The Labute approximate surface area is 590 Å². The summed E-state index contributed by atoms with van der Waals surface area (Å²) in [6.45, 7) is 4.06. The second kappa shape index (κ2) is 27.3. The Kier molecular flexibility index (Phi) is 16.6. The van der Waals surface area contributed by atoms with Crippen molar-refractivity contribution in [3.63, 3.8) is 0 Å². The Morgan fingerprint density at radius 1 is 0.196 bits per heavy atom. The molecular weight excluding hydrogens is 1250 g/mol. The van der Waals surface area contributed by atoms with Crippen molar-refractivity contribution < 1.29 is 0 Å². The average molecular weight is 1310 g/mol. The van der Waals surface area contributed by atoms with Gasteiger partial charge >= 0.3 is 0 Å². The van der Waals surface area contributed by atoms with Gasteiger partial charge in [0, 0.05) is 102 Å². The van der Waals surface area contributed by atoms with Crippen molar-refractivity contribution in [1.82, 2.24) is 49.8 Å². The Hall–Kier alpha value is -13.7. The molecule has 0 saturated heterocycles. The van der Waals surface area contributed by atoms with Crippen LogP contribution in [0.3, 0.4) is 0 Å². The third-order valence-electron chi connectivity index (χ3n) is 18.6. The highest BCUT2D eigenvalue weighted by molar-refractivity contribution is 6.11. The summed E-state index contributed by atoms with van der Waals surface area (Å²) in [5, 5.41) is 4.34. The van der Waals surface area contributed by atoms with Crippen molar-refractivity contribution in [3.05, 3.63) is 352 Å². The van der Waals surface area contributed by atoms with Gasteiger partial charge in [0.05, 0.1) is 56.2 Å². The van der Waals surface area contributed by atoms with E-state index in [4.69, 9.17) is 39.9 Å². The second-order valence-corrected chi connectivity index (χ2v) is 25.3. The normalized spacial score (nSPS) is 11.2. The second-order valence-electron chi connectivity index (χ2n) is 25.3. The molecule has 0 atom stereocenters. The lowest BCUT2D eigenvalue weighted by Gasteiger charge is -2.13. The Morgan fingerprint density at radius 3 is 0.892 bits per heavy atom. The van der Waals surface area contributed by atoms with Crippen LogP contribution < -0.4 is 0 Å². The van der Waals surface area contributed by atoms with Crippen molar-refractivity contribution in [1.29, 1.82) is 0 Å². The summed E-state index contributed by atoms with van der Waals surface area (Å²) in [4.78, 5) is 48.5. The van der Waals surface area contributed by atoms with Crippen molar-refractivity contribution in [2.24, 2.45) is 0 Å². The monoisotopic (exact) mass is 1310 g/mol. The smallest absolute Gasteiger partial charge is 0.160 e. The van der Waals surface area contributed by atoms with Crippen LogP contribution in [-0.2, 0) is 0 Å². The van der Waals surface area contributed by atoms with Crippen molar-refractivity contribution in [3.8, 4) is 135 Å². The number of aromatic nitrogens is 10. The van der Waals surface area contributed by atoms with Crippen LogP contribution in [0.15, 0.2) is 340 Å². The minimum atomic E-state index is 0.673. The molecule has 0 aliphatic rings. The molecule has 0 aliphatic heterocycles. The fraction of sp³-hybridized carbons (Fsp3) is 0.0217. The summed E-state index contributed by atoms with van der Waals surface area (Å²) in [5.41, 5.74) is 28.1. The quantitative estimate of drug-likeness (QED) is 0.109. The molecule has 102 heavy (non-hydrogen) atoms. The molecule has 0 bridgehead atoms. The molecule has 18 rings (SSSR count). The molecule has 0 aliphatic carbocycles. The highest BCUT2D eigenvalue weighted by atomic mass is 14.9. The van der Waals surface area contributed by atoms with Crippen molar-refractivity contribution >= 4 is 43.6 Å². The maximum absolute atomic E-state index is 5.17. The van der Waals surface area contributed by atoms with Crippen LogP contribution >= 0.6 is 0 Å². The molecule has 10 heteroatoms. The van der Waals surface area contributed by atoms with Crippen LogP contribution in [0.25, 0.3) is 178 Å². The zero-order valence-corrected chi connectivity index (χ0v) is 55.8. The third kappa shape index (κ3) is 12.7.